The van der Waals surface area contributed by atoms with Crippen LogP contribution in [0.25, 0.3) is 22.2 Å². The molecule has 0 aliphatic carbocycles. The Kier molecular flexibility index (Phi) is 5.12. The third kappa shape index (κ3) is 3.89. The van der Waals surface area contributed by atoms with Crippen LogP contribution in [0.3, 0.4) is 0 Å². The highest BCUT2D eigenvalue weighted by atomic mass is 16.5. The Hall–Kier alpha value is -3.86. The van der Waals surface area contributed by atoms with Gasteiger partial charge in [0.05, 0.1) is 24.0 Å². The predicted octanol–water partition coefficient (Wildman–Crippen LogP) is 5.55. The fourth-order valence-corrected chi connectivity index (χ4v) is 3.32. The van der Waals surface area contributed by atoms with Gasteiger partial charge in [-0.15, -0.1) is 0 Å². The van der Waals surface area contributed by atoms with Crippen molar-refractivity contribution in [3.05, 3.63) is 78.4 Å². The first kappa shape index (κ1) is 18.5. The van der Waals surface area contributed by atoms with E-state index in [9.17, 15) is 4.79 Å². The number of anilines is 1. The van der Waals surface area contributed by atoms with Gasteiger partial charge in [-0.05, 0) is 35.9 Å². The quantitative estimate of drug-likeness (QED) is 0.444. The van der Waals surface area contributed by atoms with E-state index in [1.54, 1.807) is 7.11 Å². The number of nitrogens with one attached hydrogen (secondary N) is 2. The number of carbonyl (C=O) groups excluding carboxylic acids is 1. The van der Waals surface area contributed by atoms with Gasteiger partial charge in [-0.2, -0.15) is 0 Å². The summed E-state index contributed by atoms with van der Waals surface area (Å²) in [5.74, 6) is 0.695. The Morgan fingerprint density at radius 1 is 1.00 bits per heavy atom. The number of para-hydroxylation sites is 1. The second kappa shape index (κ2) is 8.02. The summed E-state index contributed by atoms with van der Waals surface area (Å²) in [4.78, 5) is 19.3. The Balaban J connectivity index is 1.77. The maximum Gasteiger partial charge on any atom is 0.221 e. The lowest BCUT2D eigenvalue weighted by Gasteiger charge is -2.02. The zero-order valence-corrected chi connectivity index (χ0v) is 16.3. The van der Waals surface area contributed by atoms with Crippen LogP contribution in [0.1, 0.15) is 12.5 Å². The first-order chi connectivity index (χ1) is 14.2. The number of aromatic amines is 1. The van der Waals surface area contributed by atoms with Crippen LogP contribution in [0, 0.1) is 0 Å². The summed E-state index contributed by atoms with van der Waals surface area (Å²) in [5.41, 5.74) is 5.55. The van der Waals surface area contributed by atoms with E-state index in [1.807, 2.05) is 60.8 Å². The second-order valence-corrected chi connectivity index (χ2v) is 6.65. The van der Waals surface area contributed by atoms with Gasteiger partial charge in [-0.1, -0.05) is 42.5 Å². The Morgan fingerprint density at radius 2 is 1.76 bits per heavy atom. The van der Waals surface area contributed by atoms with E-state index in [1.165, 1.54) is 6.92 Å². The van der Waals surface area contributed by atoms with E-state index in [2.05, 4.69) is 33.5 Å². The minimum Gasteiger partial charge on any atom is -0.495 e. The molecule has 29 heavy (non-hydrogen) atoms. The van der Waals surface area contributed by atoms with Crippen LogP contribution < -0.4 is 10.1 Å². The Labute approximate surface area is 169 Å². The standard InChI is InChI=1S/C24H21N3O2/c1-16(28)26-19-13-11-18(12-14-19)25-15-21-20-9-6-10-22(29-2)24(20)27-23(21)17-7-4-3-5-8-17/h3-15,27H,1-2H3,(H,26,28). The van der Waals surface area contributed by atoms with Crippen molar-refractivity contribution in [1.82, 2.24) is 4.98 Å². The van der Waals surface area contributed by atoms with Crippen molar-refractivity contribution in [2.75, 3.05) is 12.4 Å². The molecule has 5 heteroatoms. The Morgan fingerprint density at radius 3 is 2.45 bits per heavy atom. The number of fused-ring (bicyclic) bond motifs is 1. The molecule has 0 saturated carbocycles. The van der Waals surface area contributed by atoms with Crippen LogP contribution in [0.4, 0.5) is 11.4 Å². The lowest BCUT2D eigenvalue weighted by Crippen LogP contribution is -2.04. The lowest BCUT2D eigenvalue weighted by atomic mass is 10.1. The number of aliphatic imine (C=N–C) groups is 1. The normalized spacial score (nSPS) is 11.1. The van der Waals surface area contributed by atoms with E-state index >= 15 is 0 Å². The fraction of sp³-hybridized carbons (Fsp3) is 0.0833. The molecule has 5 nitrogen and oxygen atoms in total. The third-order valence-electron chi connectivity index (χ3n) is 4.65. The highest BCUT2D eigenvalue weighted by Gasteiger charge is 2.14. The Bertz CT molecular complexity index is 1180. The summed E-state index contributed by atoms with van der Waals surface area (Å²) in [6.07, 6.45) is 1.87. The van der Waals surface area contributed by atoms with Gasteiger partial charge in [0.1, 0.15) is 5.75 Å². The van der Waals surface area contributed by atoms with Gasteiger partial charge < -0.3 is 15.0 Å². The lowest BCUT2D eigenvalue weighted by molar-refractivity contribution is -0.114. The molecule has 0 saturated heterocycles. The molecule has 0 atom stereocenters. The maximum atomic E-state index is 11.2. The molecule has 1 amide bonds. The summed E-state index contributed by atoms with van der Waals surface area (Å²) >= 11 is 0. The summed E-state index contributed by atoms with van der Waals surface area (Å²) < 4.78 is 5.53. The number of amides is 1. The van der Waals surface area contributed by atoms with Gasteiger partial charge in [-0.25, -0.2) is 0 Å². The van der Waals surface area contributed by atoms with Gasteiger partial charge in [0.15, 0.2) is 0 Å². The molecular formula is C24H21N3O2. The smallest absolute Gasteiger partial charge is 0.221 e. The number of hydrogen-bond acceptors (Lipinski definition) is 3. The maximum absolute atomic E-state index is 11.2. The van der Waals surface area contributed by atoms with Crippen LogP contribution in [-0.4, -0.2) is 24.2 Å². The van der Waals surface area contributed by atoms with Crippen molar-refractivity contribution < 1.29 is 9.53 Å². The summed E-state index contributed by atoms with van der Waals surface area (Å²) in [5, 5.41) is 3.80. The number of ether oxygens (including phenoxy) is 1. The minimum atomic E-state index is -0.0958. The summed E-state index contributed by atoms with van der Waals surface area (Å²) in [6, 6.07) is 23.6. The van der Waals surface area contributed by atoms with E-state index in [0.29, 0.717) is 0 Å². The number of methoxy groups -OCH3 is 1. The van der Waals surface area contributed by atoms with Crippen LogP contribution >= 0.6 is 0 Å². The van der Waals surface area contributed by atoms with Crippen LogP contribution in [0.15, 0.2) is 77.8 Å². The molecule has 0 spiro atoms. The number of benzene rings is 3. The molecule has 144 valence electrons. The molecule has 0 unspecified atom stereocenters. The molecule has 0 bridgehead atoms. The van der Waals surface area contributed by atoms with Gasteiger partial charge in [0.25, 0.3) is 0 Å². The average Bonchev–Trinajstić information content (AvgIpc) is 3.12. The molecule has 4 rings (SSSR count). The number of aromatic nitrogens is 1. The number of carbonyl (C=O) groups is 1. The van der Waals surface area contributed by atoms with Gasteiger partial charge in [0.2, 0.25) is 5.91 Å². The summed E-state index contributed by atoms with van der Waals surface area (Å²) in [7, 11) is 1.67. The third-order valence-corrected chi connectivity index (χ3v) is 4.65. The van der Waals surface area contributed by atoms with Gasteiger partial charge >= 0.3 is 0 Å². The topological polar surface area (TPSA) is 66.5 Å². The average molecular weight is 383 g/mol. The number of nitrogens with zero attached hydrogens (tertiary/aromatic N) is 1. The van der Waals surface area contributed by atoms with Crippen LogP contribution in [0.5, 0.6) is 5.75 Å². The predicted molar refractivity (Wildman–Crippen MR) is 118 cm³/mol. The first-order valence-electron chi connectivity index (χ1n) is 9.31. The molecule has 1 heterocycles. The van der Waals surface area contributed by atoms with E-state index in [0.717, 1.165) is 44.8 Å². The van der Waals surface area contributed by atoms with E-state index in [4.69, 9.17) is 4.74 Å². The number of H-pyrrole nitrogens is 1. The molecule has 0 aliphatic rings. The second-order valence-electron chi connectivity index (χ2n) is 6.65. The molecular weight excluding hydrogens is 362 g/mol. The molecule has 0 fully saturated rings. The highest BCUT2D eigenvalue weighted by Crippen LogP contribution is 2.34. The van der Waals surface area contributed by atoms with Gasteiger partial charge in [-0.3, -0.25) is 9.79 Å². The van der Waals surface area contributed by atoms with Crippen LogP contribution in [-0.2, 0) is 4.79 Å². The number of rotatable bonds is 5. The molecule has 0 radical (unpaired) electrons. The molecule has 4 aromatic rings. The van der Waals surface area contributed by atoms with Crippen molar-refractivity contribution in [3.63, 3.8) is 0 Å². The minimum absolute atomic E-state index is 0.0958. The largest absolute Gasteiger partial charge is 0.495 e. The van der Waals surface area contributed by atoms with Crippen molar-refractivity contribution in [2.24, 2.45) is 4.99 Å². The molecule has 1 aromatic heterocycles. The molecule has 2 N–H and O–H groups in total. The van der Waals surface area contributed by atoms with Gasteiger partial charge in [0, 0.05) is 29.8 Å². The van der Waals surface area contributed by atoms with Crippen molar-refractivity contribution in [2.45, 2.75) is 6.92 Å². The van der Waals surface area contributed by atoms with E-state index < -0.39 is 0 Å². The van der Waals surface area contributed by atoms with Crippen molar-refractivity contribution >= 4 is 34.4 Å². The summed E-state index contributed by atoms with van der Waals surface area (Å²) in [6.45, 7) is 1.49. The first-order valence-corrected chi connectivity index (χ1v) is 9.31. The monoisotopic (exact) mass is 383 g/mol. The number of hydrogen-bond donors (Lipinski definition) is 2. The fourth-order valence-electron chi connectivity index (χ4n) is 3.32. The van der Waals surface area contributed by atoms with Crippen molar-refractivity contribution in [3.8, 4) is 17.0 Å². The van der Waals surface area contributed by atoms with E-state index in [-0.39, 0.29) is 5.91 Å². The molecule has 0 aliphatic heterocycles. The zero-order chi connectivity index (χ0) is 20.2. The van der Waals surface area contributed by atoms with Crippen molar-refractivity contribution in [1.29, 1.82) is 0 Å². The van der Waals surface area contributed by atoms with Crippen LogP contribution in [0.2, 0.25) is 0 Å². The zero-order valence-electron chi connectivity index (χ0n) is 16.3. The molecule has 3 aromatic carbocycles. The highest BCUT2D eigenvalue weighted by molar-refractivity contribution is 6.08. The SMILES string of the molecule is COc1cccc2c(C=Nc3ccc(NC(C)=O)cc3)c(-c3ccccc3)[nH]c12.